The third-order valence-electron chi connectivity index (χ3n) is 4.50. The number of para-hydroxylation sites is 1. The third kappa shape index (κ3) is 2.78. The monoisotopic (exact) mass is 333 g/mol. The lowest BCUT2D eigenvalue weighted by molar-refractivity contribution is 0.0973. The summed E-state index contributed by atoms with van der Waals surface area (Å²) in [5.41, 5.74) is 5.27. The van der Waals surface area contributed by atoms with Crippen molar-refractivity contribution in [2.24, 2.45) is 0 Å². The van der Waals surface area contributed by atoms with Crippen molar-refractivity contribution in [3.8, 4) is 17.0 Å². The zero-order valence-electron chi connectivity index (χ0n) is 14.0. The molecular formula is C20H19N3O2. The molecule has 0 amide bonds. The molecule has 1 aliphatic carbocycles. The van der Waals surface area contributed by atoms with E-state index in [-0.39, 0.29) is 5.78 Å². The number of aryl methyl sites for hydroxylation is 1. The SMILES string of the molecule is COc1cnccc1-c1[nH]c2c(c1Nc1ccccc1)C(=O)CCC2. The minimum atomic E-state index is 0.176. The van der Waals surface area contributed by atoms with Crippen molar-refractivity contribution in [1.82, 2.24) is 9.97 Å². The van der Waals surface area contributed by atoms with E-state index in [1.165, 1.54) is 0 Å². The molecule has 2 aromatic heterocycles. The Morgan fingerprint density at radius 2 is 2.00 bits per heavy atom. The van der Waals surface area contributed by atoms with Gasteiger partial charge in [-0.15, -0.1) is 0 Å². The van der Waals surface area contributed by atoms with Gasteiger partial charge in [-0.2, -0.15) is 0 Å². The Kier molecular flexibility index (Phi) is 3.98. The molecule has 2 heterocycles. The van der Waals surface area contributed by atoms with Crippen molar-refractivity contribution in [2.75, 3.05) is 12.4 Å². The van der Waals surface area contributed by atoms with Crippen LogP contribution in [-0.4, -0.2) is 22.9 Å². The van der Waals surface area contributed by atoms with Crippen LogP contribution in [0.3, 0.4) is 0 Å². The Morgan fingerprint density at radius 1 is 1.16 bits per heavy atom. The number of benzene rings is 1. The van der Waals surface area contributed by atoms with Crippen LogP contribution < -0.4 is 10.1 Å². The molecule has 1 aliphatic rings. The maximum absolute atomic E-state index is 12.6. The number of Topliss-reactive ketones (excluding diaryl/α,β-unsaturated/α-hetero) is 1. The maximum atomic E-state index is 12.6. The largest absolute Gasteiger partial charge is 0.494 e. The van der Waals surface area contributed by atoms with E-state index in [1.54, 1.807) is 19.5 Å². The van der Waals surface area contributed by atoms with Crippen molar-refractivity contribution in [3.05, 3.63) is 60.0 Å². The standard InChI is InChI=1S/C20H19N3O2/c1-25-17-12-21-11-10-14(17)19-20(22-13-6-3-2-4-7-13)18-15(23-19)8-5-9-16(18)24/h2-4,6-7,10-12,22-23H,5,8-9H2,1H3. The second kappa shape index (κ2) is 6.43. The van der Waals surface area contributed by atoms with Crippen LogP contribution in [0.15, 0.2) is 48.8 Å². The second-order valence-corrected chi connectivity index (χ2v) is 6.07. The van der Waals surface area contributed by atoms with E-state index >= 15 is 0 Å². The molecule has 0 spiro atoms. The molecule has 0 saturated heterocycles. The number of hydrogen-bond acceptors (Lipinski definition) is 4. The van der Waals surface area contributed by atoms with Crippen LogP contribution in [0.2, 0.25) is 0 Å². The lowest BCUT2D eigenvalue weighted by atomic mass is 9.95. The first-order valence-corrected chi connectivity index (χ1v) is 8.36. The number of anilines is 2. The summed E-state index contributed by atoms with van der Waals surface area (Å²) in [5, 5.41) is 3.43. The summed E-state index contributed by atoms with van der Waals surface area (Å²) in [6.45, 7) is 0. The van der Waals surface area contributed by atoms with Gasteiger partial charge in [-0.05, 0) is 31.0 Å². The van der Waals surface area contributed by atoms with Gasteiger partial charge in [0.2, 0.25) is 0 Å². The lowest BCUT2D eigenvalue weighted by Gasteiger charge is -2.14. The predicted molar refractivity (Wildman–Crippen MR) is 97.6 cm³/mol. The molecule has 5 nitrogen and oxygen atoms in total. The molecule has 0 aliphatic heterocycles. The number of rotatable bonds is 4. The minimum absolute atomic E-state index is 0.176. The third-order valence-corrected chi connectivity index (χ3v) is 4.50. The topological polar surface area (TPSA) is 67.0 Å². The van der Waals surface area contributed by atoms with Crippen molar-refractivity contribution in [1.29, 1.82) is 0 Å². The molecule has 2 N–H and O–H groups in total. The highest BCUT2D eigenvalue weighted by Crippen LogP contribution is 2.41. The molecule has 5 heteroatoms. The van der Waals surface area contributed by atoms with Crippen LogP contribution in [0.25, 0.3) is 11.3 Å². The molecule has 3 aromatic rings. The van der Waals surface area contributed by atoms with Gasteiger partial charge in [0.15, 0.2) is 5.78 Å². The fraction of sp³-hybridized carbons (Fsp3) is 0.200. The van der Waals surface area contributed by atoms with Crippen LogP contribution in [-0.2, 0) is 6.42 Å². The van der Waals surface area contributed by atoms with E-state index in [4.69, 9.17) is 4.74 Å². The number of pyridine rings is 1. The van der Waals surface area contributed by atoms with E-state index in [1.807, 2.05) is 36.4 Å². The van der Waals surface area contributed by atoms with Gasteiger partial charge in [0.25, 0.3) is 0 Å². The molecule has 0 atom stereocenters. The molecular weight excluding hydrogens is 314 g/mol. The van der Waals surface area contributed by atoms with Gasteiger partial charge in [-0.3, -0.25) is 9.78 Å². The van der Waals surface area contributed by atoms with Gasteiger partial charge in [0.05, 0.1) is 30.3 Å². The molecule has 0 bridgehead atoms. The molecule has 0 unspecified atom stereocenters. The van der Waals surface area contributed by atoms with Gasteiger partial charge in [0, 0.05) is 29.6 Å². The van der Waals surface area contributed by atoms with Gasteiger partial charge in [-0.1, -0.05) is 18.2 Å². The van der Waals surface area contributed by atoms with Crippen LogP contribution in [0.4, 0.5) is 11.4 Å². The van der Waals surface area contributed by atoms with Gasteiger partial charge in [0.1, 0.15) is 5.75 Å². The molecule has 126 valence electrons. The highest BCUT2D eigenvalue weighted by molar-refractivity contribution is 6.07. The van der Waals surface area contributed by atoms with Crippen molar-refractivity contribution in [3.63, 3.8) is 0 Å². The molecule has 1 aromatic carbocycles. The number of hydrogen-bond donors (Lipinski definition) is 2. The second-order valence-electron chi connectivity index (χ2n) is 6.07. The number of nitrogens with zero attached hydrogens (tertiary/aromatic N) is 1. The average molecular weight is 333 g/mol. The zero-order chi connectivity index (χ0) is 17.2. The maximum Gasteiger partial charge on any atom is 0.166 e. The Balaban J connectivity index is 1.90. The Bertz CT molecular complexity index is 916. The summed E-state index contributed by atoms with van der Waals surface area (Å²) in [4.78, 5) is 20.2. The highest BCUT2D eigenvalue weighted by atomic mass is 16.5. The Hall–Kier alpha value is -3.08. The number of fused-ring (bicyclic) bond motifs is 1. The molecule has 4 rings (SSSR count). The Morgan fingerprint density at radius 3 is 2.80 bits per heavy atom. The number of aromatic amines is 1. The number of carbonyl (C=O) groups is 1. The first-order valence-electron chi connectivity index (χ1n) is 8.36. The minimum Gasteiger partial charge on any atom is -0.494 e. The summed E-state index contributed by atoms with van der Waals surface area (Å²) in [6, 6.07) is 11.8. The van der Waals surface area contributed by atoms with Gasteiger partial charge >= 0.3 is 0 Å². The fourth-order valence-electron chi connectivity index (χ4n) is 3.34. The van der Waals surface area contributed by atoms with Gasteiger partial charge < -0.3 is 15.0 Å². The predicted octanol–water partition coefficient (Wildman–Crippen LogP) is 4.35. The van der Waals surface area contributed by atoms with Crippen LogP contribution in [0.1, 0.15) is 28.9 Å². The number of ketones is 1. The summed E-state index contributed by atoms with van der Waals surface area (Å²) >= 11 is 0. The quantitative estimate of drug-likeness (QED) is 0.745. The fourth-order valence-corrected chi connectivity index (χ4v) is 3.34. The number of H-pyrrole nitrogens is 1. The zero-order valence-corrected chi connectivity index (χ0v) is 14.0. The van der Waals surface area contributed by atoms with E-state index in [2.05, 4.69) is 15.3 Å². The number of aromatic nitrogens is 2. The first kappa shape index (κ1) is 15.4. The van der Waals surface area contributed by atoms with Crippen LogP contribution >= 0.6 is 0 Å². The van der Waals surface area contributed by atoms with E-state index in [9.17, 15) is 4.79 Å². The summed E-state index contributed by atoms with van der Waals surface area (Å²) in [7, 11) is 1.62. The number of methoxy groups -OCH3 is 1. The number of nitrogens with one attached hydrogen (secondary N) is 2. The van der Waals surface area contributed by atoms with Crippen LogP contribution in [0, 0.1) is 0 Å². The average Bonchev–Trinajstić information content (AvgIpc) is 3.02. The molecule has 0 saturated carbocycles. The van der Waals surface area contributed by atoms with E-state index in [0.717, 1.165) is 46.7 Å². The summed E-state index contributed by atoms with van der Waals surface area (Å²) in [6.07, 6.45) is 5.75. The van der Waals surface area contributed by atoms with Crippen molar-refractivity contribution < 1.29 is 9.53 Å². The van der Waals surface area contributed by atoms with E-state index < -0.39 is 0 Å². The molecule has 0 fully saturated rings. The summed E-state index contributed by atoms with van der Waals surface area (Å²) in [5.74, 6) is 0.847. The van der Waals surface area contributed by atoms with Crippen LogP contribution in [0.5, 0.6) is 5.75 Å². The lowest BCUT2D eigenvalue weighted by Crippen LogP contribution is -2.10. The summed E-state index contributed by atoms with van der Waals surface area (Å²) < 4.78 is 5.47. The van der Waals surface area contributed by atoms with Crippen molar-refractivity contribution >= 4 is 17.2 Å². The number of ether oxygens (including phenoxy) is 1. The first-order chi connectivity index (χ1) is 12.3. The Labute approximate surface area is 146 Å². The van der Waals surface area contributed by atoms with E-state index in [0.29, 0.717) is 12.2 Å². The molecule has 25 heavy (non-hydrogen) atoms. The smallest absolute Gasteiger partial charge is 0.166 e. The van der Waals surface area contributed by atoms with Crippen molar-refractivity contribution in [2.45, 2.75) is 19.3 Å². The van der Waals surface area contributed by atoms with Gasteiger partial charge in [-0.25, -0.2) is 0 Å². The highest BCUT2D eigenvalue weighted by Gasteiger charge is 2.27. The normalized spacial score (nSPS) is 13.4. The number of carbonyl (C=O) groups excluding carboxylic acids is 1. The molecule has 0 radical (unpaired) electrons.